The maximum absolute atomic E-state index is 13.1. The minimum atomic E-state index is -3.81. The summed E-state index contributed by atoms with van der Waals surface area (Å²) >= 11 is 0. The van der Waals surface area contributed by atoms with Crippen molar-refractivity contribution in [3.63, 3.8) is 0 Å². The van der Waals surface area contributed by atoms with Crippen LogP contribution in [0.25, 0.3) is 0 Å². The molecule has 2 aromatic rings. The Bertz CT molecular complexity index is 911. The fourth-order valence-electron chi connectivity index (χ4n) is 2.73. The van der Waals surface area contributed by atoms with Crippen molar-refractivity contribution >= 4 is 10.0 Å². The molecular formula is C28H52N2O6S. The van der Waals surface area contributed by atoms with Crippen molar-refractivity contribution in [2.24, 2.45) is 5.92 Å². The summed E-state index contributed by atoms with van der Waals surface area (Å²) in [5, 5.41) is 19.8. The molecule has 0 spiro atoms. The lowest BCUT2D eigenvalue weighted by atomic mass is 10.1. The number of phenols is 1. The van der Waals surface area contributed by atoms with E-state index in [1.54, 1.807) is 28.2 Å². The molecular weight excluding hydrogens is 492 g/mol. The lowest BCUT2D eigenvalue weighted by Crippen LogP contribution is -2.36. The molecule has 0 unspecified atom stereocenters. The average molecular weight is 545 g/mol. The monoisotopic (exact) mass is 544 g/mol. The molecule has 2 rings (SSSR count). The first-order chi connectivity index (χ1) is 17.4. The third kappa shape index (κ3) is 17.1. The number of rotatable bonds is 8. The molecule has 0 aliphatic carbocycles. The number of likely N-dealkylation sites (N-methyl/N-ethyl adjacent to an activating group) is 2. The number of aromatic hydroxyl groups is 1. The predicted molar refractivity (Wildman–Crippen MR) is 155 cm³/mol. The number of nitrogens with one attached hydrogen (secondary N) is 1. The Morgan fingerprint density at radius 2 is 1.43 bits per heavy atom. The van der Waals surface area contributed by atoms with Gasteiger partial charge in [0, 0.05) is 47.0 Å². The van der Waals surface area contributed by atoms with E-state index in [-0.39, 0.29) is 16.4 Å². The van der Waals surface area contributed by atoms with Crippen molar-refractivity contribution in [1.29, 1.82) is 0 Å². The van der Waals surface area contributed by atoms with Crippen LogP contribution in [0.3, 0.4) is 0 Å². The Morgan fingerprint density at radius 3 is 1.84 bits per heavy atom. The highest BCUT2D eigenvalue weighted by Gasteiger charge is 2.27. The van der Waals surface area contributed by atoms with Gasteiger partial charge in [0.25, 0.3) is 0 Å². The second-order valence-electron chi connectivity index (χ2n) is 8.30. The standard InChI is InChI=1S/C19H26N2O4S.C4H10.C2H6O.C2H6.CH4O/c1-5-21(9-8-20-4)26(23,24)19-13-16(22)6-7-18(19)25-17-11-14(2)10-15(3)12-17;1-4(2)3;1-3-2;2*1-2/h6-7,10-13,20,22H,5,8-9H2,1-4H3;4H,1-3H3;1-2H3;1-2H3;2H,1H3. The summed E-state index contributed by atoms with van der Waals surface area (Å²) in [5.74, 6) is 1.46. The zero-order chi connectivity index (χ0) is 29.6. The van der Waals surface area contributed by atoms with Crippen LogP contribution in [-0.2, 0) is 14.8 Å². The van der Waals surface area contributed by atoms with Crippen LogP contribution >= 0.6 is 0 Å². The van der Waals surface area contributed by atoms with Gasteiger partial charge < -0.3 is 25.0 Å². The maximum Gasteiger partial charge on any atom is 0.246 e. The molecule has 216 valence electrons. The molecule has 2 aromatic carbocycles. The first kappa shape index (κ1) is 39.3. The van der Waals surface area contributed by atoms with Gasteiger partial charge >= 0.3 is 0 Å². The van der Waals surface area contributed by atoms with E-state index in [2.05, 4.69) is 30.8 Å². The summed E-state index contributed by atoms with van der Waals surface area (Å²) in [6.07, 6.45) is 0. The Balaban J connectivity index is -0.000000905. The lowest BCUT2D eigenvalue weighted by molar-refractivity contribution is 0.277. The summed E-state index contributed by atoms with van der Waals surface area (Å²) < 4.78 is 37.6. The van der Waals surface area contributed by atoms with Crippen molar-refractivity contribution in [2.45, 2.75) is 60.3 Å². The zero-order valence-corrected chi connectivity index (χ0v) is 25.9. The highest BCUT2D eigenvalue weighted by Crippen LogP contribution is 2.34. The number of nitrogens with zero attached hydrogens (tertiary/aromatic N) is 1. The highest BCUT2D eigenvalue weighted by molar-refractivity contribution is 7.89. The summed E-state index contributed by atoms with van der Waals surface area (Å²) in [4.78, 5) is -0.0467. The molecule has 0 saturated heterocycles. The largest absolute Gasteiger partial charge is 0.508 e. The molecule has 3 N–H and O–H groups in total. The normalized spacial score (nSPS) is 10.0. The Hall–Kier alpha value is -2.17. The van der Waals surface area contributed by atoms with Gasteiger partial charge in [0.05, 0.1) is 0 Å². The first-order valence-corrected chi connectivity index (χ1v) is 14.0. The SMILES string of the molecule is CC.CC(C)C.CCN(CCNC)S(=O)(=O)c1cc(O)ccc1Oc1cc(C)cc(C)c1.CO.COC. The second kappa shape index (κ2) is 23.0. The fraction of sp³-hybridized carbons (Fsp3) is 0.571. The van der Waals surface area contributed by atoms with E-state index in [4.69, 9.17) is 9.84 Å². The molecule has 0 heterocycles. The first-order valence-electron chi connectivity index (χ1n) is 12.5. The van der Waals surface area contributed by atoms with Gasteiger partial charge in [-0.2, -0.15) is 4.31 Å². The van der Waals surface area contributed by atoms with E-state index >= 15 is 0 Å². The number of aliphatic hydroxyl groups is 1. The van der Waals surface area contributed by atoms with Crippen LogP contribution in [0, 0.1) is 19.8 Å². The molecule has 0 saturated carbocycles. The zero-order valence-electron chi connectivity index (χ0n) is 25.0. The van der Waals surface area contributed by atoms with E-state index in [0.29, 0.717) is 25.4 Å². The van der Waals surface area contributed by atoms with Gasteiger partial charge in [-0.25, -0.2) is 8.42 Å². The summed E-state index contributed by atoms with van der Waals surface area (Å²) in [5.41, 5.74) is 2.04. The van der Waals surface area contributed by atoms with E-state index in [0.717, 1.165) is 24.2 Å². The Kier molecular flexibility index (Phi) is 24.4. The number of aryl methyl sites for hydroxylation is 2. The topological polar surface area (TPSA) is 108 Å². The van der Waals surface area contributed by atoms with Crippen LogP contribution in [0.5, 0.6) is 17.2 Å². The number of hydrogen-bond acceptors (Lipinski definition) is 7. The Labute approximate surface area is 226 Å². The second-order valence-corrected chi connectivity index (χ2v) is 10.2. The average Bonchev–Trinajstić information content (AvgIpc) is 2.82. The molecule has 0 radical (unpaired) electrons. The smallest absolute Gasteiger partial charge is 0.246 e. The summed E-state index contributed by atoms with van der Waals surface area (Å²) in [6, 6.07) is 9.82. The number of hydrogen-bond donors (Lipinski definition) is 3. The third-order valence-electron chi connectivity index (χ3n) is 3.93. The van der Waals surface area contributed by atoms with Crippen LogP contribution in [0.4, 0.5) is 0 Å². The van der Waals surface area contributed by atoms with Crippen LogP contribution in [0.2, 0.25) is 0 Å². The Morgan fingerprint density at radius 1 is 0.973 bits per heavy atom. The van der Waals surface area contributed by atoms with Crippen molar-refractivity contribution < 1.29 is 28.1 Å². The van der Waals surface area contributed by atoms with Crippen LogP contribution in [0.1, 0.15) is 52.7 Å². The molecule has 0 aliphatic heterocycles. The minimum Gasteiger partial charge on any atom is -0.508 e. The fourth-order valence-corrected chi connectivity index (χ4v) is 4.31. The van der Waals surface area contributed by atoms with E-state index in [9.17, 15) is 13.5 Å². The van der Waals surface area contributed by atoms with Crippen molar-refractivity contribution in [3.8, 4) is 17.2 Å². The van der Waals surface area contributed by atoms with E-state index in [1.807, 2.05) is 45.9 Å². The summed E-state index contributed by atoms with van der Waals surface area (Å²) in [6.45, 7) is 17.4. The number of benzene rings is 2. The van der Waals surface area contributed by atoms with Gasteiger partial charge in [-0.1, -0.05) is 47.6 Å². The number of ether oxygens (including phenoxy) is 2. The molecule has 0 amide bonds. The molecule has 0 atom stereocenters. The van der Waals surface area contributed by atoms with Gasteiger partial charge in [-0.3, -0.25) is 0 Å². The molecule has 37 heavy (non-hydrogen) atoms. The van der Waals surface area contributed by atoms with Gasteiger partial charge in [0.15, 0.2) is 0 Å². The van der Waals surface area contributed by atoms with E-state index in [1.165, 1.54) is 22.5 Å². The van der Waals surface area contributed by atoms with Gasteiger partial charge in [0.1, 0.15) is 22.1 Å². The minimum absolute atomic E-state index is 0.0467. The lowest BCUT2D eigenvalue weighted by Gasteiger charge is -2.22. The molecule has 8 nitrogen and oxygen atoms in total. The van der Waals surface area contributed by atoms with Crippen LogP contribution in [0.15, 0.2) is 41.3 Å². The van der Waals surface area contributed by atoms with Gasteiger partial charge in [-0.05, 0) is 62.2 Å². The maximum atomic E-state index is 13.1. The quantitative estimate of drug-likeness (QED) is 0.397. The summed E-state index contributed by atoms with van der Waals surface area (Å²) in [7, 11) is 2.21. The number of aliphatic hydroxyl groups excluding tert-OH is 1. The van der Waals surface area contributed by atoms with Crippen LogP contribution in [-0.4, -0.2) is 70.9 Å². The van der Waals surface area contributed by atoms with Crippen molar-refractivity contribution in [3.05, 3.63) is 47.5 Å². The molecule has 9 heteroatoms. The van der Waals surface area contributed by atoms with Gasteiger partial charge in [-0.15, -0.1) is 0 Å². The van der Waals surface area contributed by atoms with Crippen molar-refractivity contribution in [2.75, 3.05) is 48.0 Å². The highest BCUT2D eigenvalue weighted by atomic mass is 32.2. The molecule has 0 bridgehead atoms. The van der Waals surface area contributed by atoms with E-state index < -0.39 is 10.0 Å². The molecule has 0 aromatic heterocycles. The number of sulfonamides is 1. The predicted octanol–water partition coefficient (Wildman–Crippen LogP) is 5.59. The third-order valence-corrected chi connectivity index (χ3v) is 5.93. The van der Waals surface area contributed by atoms with Gasteiger partial charge in [0.2, 0.25) is 10.0 Å². The number of methoxy groups -OCH3 is 1. The van der Waals surface area contributed by atoms with Crippen LogP contribution < -0.4 is 10.1 Å². The van der Waals surface area contributed by atoms with Crippen molar-refractivity contribution in [1.82, 2.24) is 9.62 Å². The number of phenolic OH excluding ortho intramolecular Hbond substituents is 1. The molecule has 0 fully saturated rings. The molecule has 0 aliphatic rings.